The van der Waals surface area contributed by atoms with Gasteiger partial charge in [0.25, 0.3) is 0 Å². The molecule has 0 bridgehead atoms. The van der Waals surface area contributed by atoms with Crippen LogP contribution in [0.5, 0.6) is 0 Å². The zero-order valence-electron chi connectivity index (χ0n) is 13.9. The van der Waals surface area contributed by atoms with Crippen molar-refractivity contribution in [2.24, 2.45) is 11.0 Å². The maximum atomic E-state index is 11.8. The Kier molecular flexibility index (Phi) is 8.16. The molecule has 0 unspecified atom stereocenters. The van der Waals surface area contributed by atoms with E-state index < -0.39 is 48.8 Å². The van der Waals surface area contributed by atoms with E-state index in [0.29, 0.717) is 0 Å². The van der Waals surface area contributed by atoms with Gasteiger partial charge in [-0.25, -0.2) is 4.79 Å². The molecule has 0 saturated heterocycles. The summed E-state index contributed by atoms with van der Waals surface area (Å²) < 4.78 is 10.0. The molecule has 0 aromatic heterocycles. The number of methoxy groups -OCH3 is 1. The van der Waals surface area contributed by atoms with E-state index in [0.717, 1.165) is 7.11 Å². The van der Waals surface area contributed by atoms with Crippen molar-refractivity contribution in [1.82, 2.24) is 5.32 Å². The first-order valence-electron chi connectivity index (χ1n) is 7.57. The number of nitrogens with one attached hydrogen (secondary N) is 1. The largest absolute Gasteiger partial charge is 0.478 e. The summed E-state index contributed by atoms with van der Waals surface area (Å²) in [7, 11) is 1.15. The molecule has 25 heavy (non-hydrogen) atoms. The van der Waals surface area contributed by atoms with Crippen LogP contribution in [0.25, 0.3) is 10.4 Å². The molecule has 1 rings (SSSR count). The fourth-order valence-corrected chi connectivity index (χ4v) is 2.57. The Bertz CT molecular complexity index is 561. The number of aliphatic hydroxyl groups excluding tert-OH is 3. The average Bonchev–Trinajstić information content (AvgIpc) is 2.60. The lowest BCUT2D eigenvalue weighted by Gasteiger charge is -2.40. The van der Waals surface area contributed by atoms with Gasteiger partial charge >= 0.3 is 5.97 Å². The Morgan fingerprint density at radius 2 is 2.20 bits per heavy atom. The van der Waals surface area contributed by atoms with Crippen LogP contribution < -0.4 is 5.32 Å². The monoisotopic (exact) mass is 358 g/mol. The number of nitrogens with zero attached hydrogens (tertiary/aromatic N) is 3. The molecule has 11 nitrogen and oxygen atoms in total. The minimum atomic E-state index is -1.59. The summed E-state index contributed by atoms with van der Waals surface area (Å²) in [5.74, 6) is -1.97. The maximum absolute atomic E-state index is 11.8. The van der Waals surface area contributed by atoms with Crippen LogP contribution in [-0.2, 0) is 19.1 Å². The van der Waals surface area contributed by atoms with Crippen LogP contribution in [0, 0.1) is 5.92 Å². The highest BCUT2D eigenvalue weighted by atomic mass is 16.6. The lowest BCUT2D eigenvalue weighted by atomic mass is 9.85. The molecule has 140 valence electrons. The third kappa shape index (κ3) is 5.61. The minimum Gasteiger partial charge on any atom is -0.478 e. The van der Waals surface area contributed by atoms with Gasteiger partial charge in [0.1, 0.15) is 18.3 Å². The number of carbonyl (C=O) groups is 2. The van der Waals surface area contributed by atoms with Crippen molar-refractivity contribution in [2.45, 2.75) is 37.7 Å². The third-order valence-electron chi connectivity index (χ3n) is 3.74. The summed E-state index contributed by atoms with van der Waals surface area (Å²) >= 11 is 0. The van der Waals surface area contributed by atoms with Gasteiger partial charge in [0.05, 0.1) is 19.8 Å². The van der Waals surface area contributed by atoms with Crippen molar-refractivity contribution in [2.75, 3.05) is 20.3 Å². The number of azide groups is 1. The molecule has 1 amide bonds. The zero-order valence-corrected chi connectivity index (χ0v) is 13.9. The normalized spacial score (nSPS) is 24.8. The average molecular weight is 358 g/mol. The van der Waals surface area contributed by atoms with Gasteiger partial charge in [0.2, 0.25) is 11.7 Å². The van der Waals surface area contributed by atoms with Crippen LogP contribution in [0.4, 0.5) is 0 Å². The van der Waals surface area contributed by atoms with E-state index in [4.69, 9.17) is 15.4 Å². The molecule has 0 fully saturated rings. The second-order valence-electron chi connectivity index (χ2n) is 5.48. The highest BCUT2D eigenvalue weighted by Crippen LogP contribution is 2.29. The summed E-state index contributed by atoms with van der Waals surface area (Å²) in [5, 5.41) is 35.0. The minimum absolute atomic E-state index is 0.0770. The predicted octanol–water partition coefficient (Wildman–Crippen LogP) is -1.02. The van der Waals surface area contributed by atoms with Crippen molar-refractivity contribution in [3.05, 3.63) is 22.3 Å². The van der Waals surface area contributed by atoms with E-state index in [-0.39, 0.29) is 18.7 Å². The first-order valence-corrected chi connectivity index (χ1v) is 7.57. The van der Waals surface area contributed by atoms with Crippen molar-refractivity contribution in [3.63, 3.8) is 0 Å². The van der Waals surface area contributed by atoms with Crippen molar-refractivity contribution >= 4 is 11.9 Å². The number of ether oxygens (including phenoxy) is 2. The van der Waals surface area contributed by atoms with Gasteiger partial charge in [0.15, 0.2) is 0 Å². The molecule has 0 aromatic rings. The zero-order chi connectivity index (χ0) is 19.0. The first-order chi connectivity index (χ1) is 11.8. The van der Waals surface area contributed by atoms with E-state index in [1.807, 2.05) is 0 Å². The molecular formula is C14H22N4O7. The van der Waals surface area contributed by atoms with Gasteiger partial charge in [-0.2, -0.15) is 0 Å². The molecule has 11 heteroatoms. The van der Waals surface area contributed by atoms with Crippen molar-refractivity contribution < 1.29 is 34.4 Å². The third-order valence-corrected chi connectivity index (χ3v) is 3.74. The summed E-state index contributed by atoms with van der Waals surface area (Å²) in [6.07, 6.45) is -2.69. The molecule has 5 atom stereocenters. The van der Waals surface area contributed by atoms with Crippen molar-refractivity contribution in [1.29, 1.82) is 0 Å². The van der Waals surface area contributed by atoms with Crippen LogP contribution in [0.3, 0.4) is 0 Å². The van der Waals surface area contributed by atoms with E-state index in [9.17, 15) is 19.8 Å². The molecular weight excluding hydrogens is 336 g/mol. The molecule has 1 heterocycles. The summed E-state index contributed by atoms with van der Waals surface area (Å²) in [5.41, 5.74) is 8.40. The lowest BCUT2D eigenvalue weighted by molar-refractivity contribution is -0.150. The van der Waals surface area contributed by atoms with Crippen LogP contribution >= 0.6 is 0 Å². The van der Waals surface area contributed by atoms with E-state index in [1.165, 1.54) is 13.0 Å². The molecule has 0 aromatic carbocycles. The topological polar surface area (TPSA) is 174 Å². The van der Waals surface area contributed by atoms with Gasteiger partial charge in [0, 0.05) is 24.3 Å². The molecule has 1 aliphatic heterocycles. The Labute approximate surface area is 143 Å². The highest BCUT2D eigenvalue weighted by molar-refractivity contribution is 5.86. The Balaban J connectivity index is 3.21. The number of hydrogen-bond acceptors (Lipinski definition) is 8. The maximum Gasteiger partial charge on any atom is 0.372 e. The first kappa shape index (κ1) is 20.7. The van der Waals surface area contributed by atoms with Crippen LogP contribution in [0.15, 0.2) is 16.9 Å². The van der Waals surface area contributed by atoms with Gasteiger partial charge < -0.3 is 30.1 Å². The van der Waals surface area contributed by atoms with Crippen molar-refractivity contribution in [3.8, 4) is 0 Å². The quantitative estimate of drug-likeness (QED) is 0.186. The Hall–Kier alpha value is -2.33. The van der Waals surface area contributed by atoms with E-state index in [2.05, 4.69) is 20.1 Å². The second-order valence-corrected chi connectivity index (χ2v) is 5.48. The summed E-state index contributed by atoms with van der Waals surface area (Å²) in [6.45, 7) is 0.595. The SMILES string of the molecule is COC(=O)C1=C[C@H](CCN=[N+]=[N-])[C@@H](NC(C)=O)[C@H]([C@H](O)[C@H](O)CO)O1. The number of rotatable bonds is 8. The molecule has 1 aliphatic rings. The summed E-state index contributed by atoms with van der Waals surface area (Å²) in [6, 6.07) is -0.823. The molecule has 0 saturated carbocycles. The Morgan fingerprint density at radius 3 is 2.72 bits per heavy atom. The molecule has 0 radical (unpaired) electrons. The number of esters is 1. The predicted molar refractivity (Wildman–Crippen MR) is 83.8 cm³/mol. The van der Waals surface area contributed by atoms with Gasteiger partial charge in [-0.05, 0) is 18.0 Å². The fraction of sp³-hybridized carbons (Fsp3) is 0.714. The second kappa shape index (κ2) is 9.84. The van der Waals surface area contributed by atoms with E-state index >= 15 is 0 Å². The van der Waals surface area contributed by atoms with E-state index in [1.54, 1.807) is 0 Å². The fourth-order valence-electron chi connectivity index (χ4n) is 2.57. The summed E-state index contributed by atoms with van der Waals surface area (Å²) in [4.78, 5) is 26.0. The van der Waals surface area contributed by atoms with Gasteiger partial charge in [-0.3, -0.25) is 4.79 Å². The number of carbonyl (C=O) groups excluding carboxylic acids is 2. The molecule has 0 spiro atoms. The number of hydrogen-bond donors (Lipinski definition) is 4. The van der Waals surface area contributed by atoms with Crippen LogP contribution in [0.2, 0.25) is 0 Å². The molecule has 0 aliphatic carbocycles. The lowest BCUT2D eigenvalue weighted by Crippen LogP contribution is -2.58. The van der Waals surface area contributed by atoms with Crippen LogP contribution in [-0.4, -0.2) is 71.8 Å². The van der Waals surface area contributed by atoms with Gasteiger partial charge in [-0.15, -0.1) is 0 Å². The smallest absolute Gasteiger partial charge is 0.372 e. The number of aliphatic hydroxyl groups is 3. The van der Waals surface area contributed by atoms with Gasteiger partial charge in [-0.1, -0.05) is 5.11 Å². The highest BCUT2D eigenvalue weighted by Gasteiger charge is 2.43. The standard InChI is InChI=1S/C14H22N4O7/c1-7(20)17-11-8(3-4-16-18-15)5-10(14(23)24-2)25-13(11)12(22)9(21)6-19/h5,8-9,11-13,19,21-22H,3-4,6H2,1-2H3,(H,17,20)/t8-,9+,11+,12+,13+/m0/s1. The Morgan fingerprint density at radius 1 is 1.52 bits per heavy atom. The number of amides is 1. The van der Waals surface area contributed by atoms with Crippen LogP contribution in [0.1, 0.15) is 13.3 Å². The molecule has 4 N–H and O–H groups in total.